The fourth-order valence-corrected chi connectivity index (χ4v) is 0.656. The number of hydrogen-bond acceptors (Lipinski definition) is 3. The maximum Gasteiger partial charge on any atom is 0.143 e. The average molecular weight is 136 g/mol. The molecule has 1 aromatic carbocycles. The maximum atomic E-state index is 9.09. The van der Waals surface area contributed by atoms with Crippen LogP contribution in [0.2, 0.25) is 0 Å². The van der Waals surface area contributed by atoms with E-state index >= 15 is 0 Å². The van der Waals surface area contributed by atoms with Crippen molar-refractivity contribution in [3.8, 4) is 5.75 Å². The van der Waals surface area contributed by atoms with E-state index in [0.29, 0.717) is 5.69 Å². The number of benzene rings is 1. The predicted molar refractivity (Wildman–Crippen MR) is 38.5 cm³/mol. The summed E-state index contributed by atoms with van der Waals surface area (Å²) in [5.74, 6) is 0.160. The monoisotopic (exact) mass is 136 g/mol. The van der Waals surface area contributed by atoms with E-state index < -0.39 is 0 Å². The largest absolute Gasteiger partial charge is 0.506 e. The number of para-hydroxylation sites is 1. The fraction of sp³-hybridized carbons (Fsp3) is 0.143. The van der Waals surface area contributed by atoms with E-state index in [1.54, 1.807) is 31.3 Å². The highest BCUT2D eigenvalue weighted by Gasteiger charge is 1.93. The molecule has 0 aliphatic carbocycles. The first-order valence-corrected chi connectivity index (χ1v) is 2.92. The van der Waals surface area contributed by atoms with Gasteiger partial charge in [-0.3, -0.25) is 0 Å². The van der Waals surface area contributed by atoms with Crippen LogP contribution in [0, 0.1) is 0 Å². The van der Waals surface area contributed by atoms with Gasteiger partial charge in [0, 0.05) is 7.05 Å². The third-order valence-electron chi connectivity index (χ3n) is 1.09. The van der Waals surface area contributed by atoms with Crippen LogP contribution >= 0.6 is 0 Å². The Kier molecular flexibility index (Phi) is 1.99. The molecule has 52 valence electrons. The van der Waals surface area contributed by atoms with Crippen LogP contribution in [0.3, 0.4) is 0 Å². The smallest absolute Gasteiger partial charge is 0.143 e. The SMILES string of the molecule is CN=Nc1ccccc1O. The zero-order valence-electron chi connectivity index (χ0n) is 5.65. The normalized spacial score (nSPS) is 10.5. The summed E-state index contributed by atoms with van der Waals surface area (Å²) in [5, 5.41) is 16.3. The lowest BCUT2D eigenvalue weighted by molar-refractivity contribution is 0.476. The second kappa shape index (κ2) is 2.96. The molecule has 3 nitrogen and oxygen atoms in total. The molecule has 10 heavy (non-hydrogen) atoms. The molecule has 0 atom stereocenters. The predicted octanol–water partition coefficient (Wildman–Crippen LogP) is 2.11. The number of hydrogen-bond donors (Lipinski definition) is 1. The standard InChI is InChI=1S/C7H8N2O/c1-8-9-6-4-2-3-5-7(6)10/h2-5,10H,1H3. The van der Waals surface area contributed by atoms with Crippen LogP contribution in [0.4, 0.5) is 5.69 Å². The van der Waals surface area contributed by atoms with Crippen LogP contribution < -0.4 is 0 Å². The molecule has 3 heteroatoms. The summed E-state index contributed by atoms with van der Waals surface area (Å²) in [7, 11) is 1.56. The molecule has 0 saturated carbocycles. The summed E-state index contributed by atoms with van der Waals surface area (Å²) < 4.78 is 0. The average Bonchev–Trinajstić information content (AvgIpc) is 1.94. The summed E-state index contributed by atoms with van der Waals surface area (Å²) in [6.07, 6.45) is 0. The second-order valence-corrected chi connectivity index (χ2v) is 1.79. The van der Waals surface area contributed by atoms with Crippen molar-refractivity contribution in [2.45, 2.75) is 0 Å². The third kappa shape index (κ3) is 1.31. The molecule has 0 saturated heterocycles. The number of nitrogens with zero attached hydrogens (tertiary/aromatic N) is 2. The van der Waals surface area contributed by atoms with Crippen LogP contribution in [0.5, 0.6) is 5.75 Å². The van der Waals surface area contributed by atoms with Crippen LogP contribution in [-0.2, 0) is 0 Å². The Morgan fingerprint density at radius 2 is 2.00 bits per heavy atom. The van der Waals surface area contributed by atoms with Gasteiger partial charge in [0.2, 0.25) is 0 Å². The topological polar surface area (TPSA) is 45.0 Å². The lowest BCUT2D eigenvalue weighted by atomic mass is 10.3. The highest BCUT2D eigenvalue weighted by molar-refractivity contribution is 5.49. The van der Waals surface area contributed by atoms with Crippen molar-refractivity contribution >= 4 is 5.69 Å². The Morgan fingerprint density at radius 3 is 2.60 bits per heavy atom. The van der Waals surface area contributed by atoms with E-state index in [1.807, 2.05) is 0 Å². The van der Waals surface area contributed by atoms with Gasteiger partial charge in [-0.05, 0) is 12.1 Å². The van der Waals surface area contributed by atoms with Crippen molar-refractivity contribution in [2.24, 2.45) is 10.2 Å². The Hall–Kier alpha value is -1.38. The van der Waals surface area contributed by atoms with Crippen LogP contribution in [0.25, 0.3) is 0 Å². The molecule has 0 unspecified atom stereocenters. The van der Waals surface area contributed by atoms with E-state index in [-0.39, 0.29) is 5.75 Å². The molecule has 1 rings (SSSR count). The minimum atomic E-state index is 0.160. The molecule has 0 spiro atoms. The third-order valence-corrected chi connectivity index (χ3v) is 1.09. The van der Waals surface area contributed by atoms with Crippen molar-refractivity contribution in [1.82, 2.24) is 0 Å². The Labute approximate surface area is 59.0 Å². The lowest BCUT2D eigenvalue weighted by Crippen LogP contribution is -1.64. The maximum absolute atomic E-state index is 9.09. The van der Waals surface area contributed by atoms with Crippen molar-refractivity contribution < 1.29 is 5.11 Å². The Bertz CT molecular complexity index is 245. The Balaban J connectivity index is 3.03. The molecule has 0 amide bonds. The molecule has 0 heterocycles. The summed E-state index contributed by atoms with van der Waals surface area (Å²) in [6.45, 7) is 0. The van der Waals surface area contributed by atoms with E-state index in [2.05, 4.69) is 10.2 Å². The van der Waals surface area contributed by atoms with Gasteiger partial charge in [0.15, 0.2) is 0 Å². The van der Waals surface area contributed by atoms with Gasteiger partial charge >= 0.3 is 0 Å². The van der Waals surface area contributed by atoms with Gasteiger partial charge < -0.3 is 5.11 Å². The number of phenols is 1. The molecular formula is C7H8N2O. The Morgan fingerprint density at radius 1 is 1.30 bits per heavy atom. The molecular weight excluding hydrogens is 128 g/mol. The highest BCUT2D eigenvalue weighted by atomic mass is 16.3. The molecule has 0 aromatic heterocycles. The van der Waals surface area contributed by atoms with Gasteiger partial charge in [0.05, 0.1) is 0 Å². The zero-order valence-corrected chi connectivity index (χ0v) is 5.65. The van der Waals surface area contributed by atoms with E-state index in [9.17, 15) is 0 Å². The van der Waals surface area contributed by atoms with Crippen molar-refractivity contribution in [2.75, 3.05) is 7.05 Å². The van der Waals surface area contributed by atoms with Crippen molar-refractivity contribution in [1.29, 1.82) is 0 Å². The summed E-state index contributed by atoms with van der Waals surface area (Å²) in [5.41, 5.74) is 0.505. The first kappa shape index (κ1) is 6.74. The molecule has 0 radical (unpaired) electrons. The number of aromatic hydroxyl groups is 1. The van der Waals surface area contributed by atoms with Crippen molar-refractivity contribution in [3.63, 3.8) is 0 Å². The summed E-state index contributed by atoms with van der Waals surface area (Å²) in [6, 6.07) is 6.81. The summed E-state index contributed by atoms with van der Waals surface area (Å²) in [4.78, 5) is 0. The molecule has 0 aliphatic rings. The lowest BCUT2D eigenvalue weighted by Gasteiger charge is -1.92. The van der Waals surface area contributed by atoms with Gasteiger partial charge in [0.25, 0.3) is 0 Å². The minimum absolute atomic E-state index is 0.160. The first-order valence-electron chi connectivity index (χ1n) is 2.92. The number of phenolic OH excluding ortho intramolecular Hbond substituents is 1. The van der Waals surface area contributed by atoms with Gasteiger partial charge in [-0.25, -0.2) is 0 Å². The molecule has 0 bridgehead atoms. The molecule has 0 fully saturated rings. The van der Waals surface area contributed by atoms with Gasteiger partial charge in [-0.15, -0.1) is 0 Å². The first-order chi connectivity index (χ1) is 4.84. The van der Waals surface area contributed by atoms with E-state index in [4.69, 9.17) is 5.11 Å². The number of rotatable bonds is 1. The van der Waals surface area contributed by atoms with Crippen molar-refractivity contribution in [3.05, 3.63) is 24.3 Å². The van der Waals surface area contributed by atoms with Crippen LogP contribution in [0.15, 0.2) is 34.5 Å². The van der Waals surface area contributed by atoms with Crippen LogP contribution in [-0.4, -0.2) is 12.2 Å². The molecule has 0 aliphatic heterocycles. The van der Waals surface area contributed by atoms with Gasteiger partial charge in [0.1, 0.15) is 11.4 Å². The summed E-state index contributed by atoms with van der Waals surface area (Å²) >= 11 is 0. The number of azo groups is 1. The van der Waals surface area contributed by atoms with Crippen LogP contribution in [0.1, 0.15) is 0 Å². The second-order valence-electron chi connectivity index (χ2n) is 1.79. The fourth-order valence-electron chi connectivity index (χ4n) is 0.656. The van der Waals surface area contributed by atoms with Gasteiger partial charge in [-0.1, -0.05) is 12.1 Å². The quantitative estimate of drug-likeness (QED) is 0.590. The van der Waals surface area contributed by atoms with E-state index in [1.165, 1.54) is 0 Å². The minimum Gasteiger partial charge on any atom is -0.506 e. The molecule has 1 aromatic rings. The van der Waals surface area contributed by atoms with Gasteiger partial charge in [-0.2, -0.15) is 10.2 Å². The zero-order chi connectivity index (χ0) is 7.40. The highest BCUT2D eigenvalue weighted by Crippen LogP contribution is 2.24. The molecule has 1 N–H and O–H groups in total. The van der Waals surface area contributed by atoms with E-state index in [0.717, 1.165) is 0 Å².